The molecule has 0 aliphatic heterocycles. The van der Waals surface area contributed by atoms with E-state index in [-0.39, 0.29) is 6.04 Å². The Morgan fingerprint density at radius 1 is 1.50 bits per heavy atom. The third kappa shape index (κ3) is 4.36. The van der Waals surface area contributed by atoms with Crippen LogP contribution in [0.4, 0.5) is 0 Å². The van der Waals surface area contributed by atoms with Crippen LogP contribution >= 0.6 is 0 Å². The Labute approximate surface area is 63.1 Å². The summed E-state index contributed by atoms with van der Waals surface area (Å²) in [5, 5.41) is 10.9. The second-order valence-electron chi connectivity index (χ2n) is 2.78. The first-order valence-electron chi connectivity index (χ1n) is 3.97. The van der Waals surface area contributed by atoms with Crippen molar-refractivity contribution < 1.29 is 4.74 Å². The van der Waals surface area contributed by atoms with Crippen molar-refractivity contribution in [2.45, 2.75) is 46.1 Å². The van der Waals surface area contributed by atoms with Crippen LogP contribution in [0.3, 0.4) is 0 Å². The monoisotopic (exact) mass is 143 g/mol. The molecule has 0 aliphatic rings. The number of unbranched alkanes of at least 4 members (excludes halogenated alkanes) is 2. The summed E-state index contributed by atoms with van der Waals surface area (Å²) in [5.41, 5.74) is 0. The third-order valence-corrected chi connectivity index (χ3v) is 1.38. The summed E-state index contributed by atoms with van der Waals surface area (Å²) in [6.45, 7) is 5.92. The van der Waals surface area contributed by atoms with Gasteiger partial charge in [0.05, 0.1) is 0 Å². The Kier molecular flexibility index (Phi) is 4.99. The molecule has 0 radical (unpaired) electrons. The molecule has 2 nitrogen and oxygen atoms in total. The molecule has 0 fully saturated rings. The minimum atomic E-state index is 0.0943. The summed E-state index contributed by atoms with van der Waals surface area (Å²) < 4.78 is 1.02. The second kappa shape index (κ2) is 5.27. The zero-order valence-electron chi connectivity index (χ0n) is 7.13. The van der Waals surface area contributed by atoms with Crippen LogP contribution in [0.1, 0.15) is 40.0 Å². The van der Waals surface area contributed by atoms with E-state index in [1.807, 2.05) is 13.8 Å². The van der Waals surface area contributed by atoms with Crippen LogP contribution < -0.4 is 0 Å². The lowest BCUT2D eigenvalue weighted by Crippen LogP contribution is -2.14. The van der Waals surface area contributed by atoms with Crippen molar-refractivity contribution in [2.75, 3.05) is 0 Å². The largest absolute Gasteiger partial charge is 0.624 e. The van der Waals surface area contributed by atoms with Crippen molar-refractivity contribution >= 4 is 6.21 Å². The molecule has 0 saturated carbocycles. The minimum Gasteiger partial charge on any atom is -0.624 e. The molecule has 60 valence electrons. The smallest absolute Gasteiger partial charge is 0.157 e. The van der Waals surface area contributed by atoms with Crippen LogP contribution in [0.15, 0.2) is 0 Å². The van der Waals surface area contributed by atoms with Crippen LogP contribution in [0.5, 0.6) is 0 Å². The molecule has 0 aliphatic carbocycles. The van der Waals surface area contributed by atoms with Gasteiger partial charge in [-0.05, 0) is 20.3 Å². The van der Waals surface area contributed by atoms with E-state index < -0.39 is 0 Å². The van der Waals surface area contributed by atoms with E-state index in [1.54, 1.807) is 6.21 Å². The van der Waals surface area contributed by atoms with Crippen molar-refractivity contribution in [3.05, 3.63) is 5.21 Å². The van der Waals surface area contributed by atoms with E-state index in [1.165, 1.54) is 0 Å². The molecule has 0 aromatic carbocycles. The molecule has 0 rings (SSSR count). The Hall–Kier alpha value is -0.530. The van der Waals surface area contributed by atoms with E-state index in [9.17, 15) is 5.21 Å². The topological polar surface area (TPSA) is 26.1 Å². The van der Waals surface area contributed by atoms with E-state index in [0.29, 0.717) is 0 Å². The summed E-state index contributed by atoms with van der Waals surface area (Å²) in [6, 6.07) is 0.0943. The number of rotatable bonds is 4. The first kappa shape index (κ1) is 9.47. The Bertz CT molecular complexity index is 108. The standard InChI is InChI=1S/C8H17NO/c1-4-5-6-7-9(10)8(2)3/h7-8H,4-6H2,1-3H3. The van der Waals surface area contributed by atoms with Gasteiger partial charge in [0.1, 0.15) is 0 Å². The van der Waals surface area contributed by atoms with Gasteiger partial charge in [-0.2, -0.15) is 0 Å². The van der Waals surface area contributed by atoms with Gasteiger partial charge in [0.15, 0.2) is 12.3 Å². The zero-order valence-corrected chi connectivity index (χ0v) is 7.13. The fraction of sp³-hybridized carbons (Fsp3) is 0.875. The van der Waals surface area contributed by atoms with Gasteiger partial charge in [-0.15, -0.1) is 0 Å². The Morgan fingerprint density at radius 2 is 2.10 bits per heavy atom. The van der Waals surface area contributed by atoms with Crippen LogP contribution in [0.2, 0.25) is 0 Å². The first-order valence-corrected chi connectivity index (χ1v) is 3.97. The first-order chi connectivity index (χ1) is 4.68. The van der Waals surface area contributed by atoms with Crippen LogP contribution in [-0.2, 0) is 0 Å². The number of hydrogen-bond donors (Lipinski definition) is 0. The van der Waals surface area contributed by atoms with E-state index in [2.05, 4.69) is 6.92 Å². The molecular weight excluding hydrogens is 126 g/mol. The highest BCUT2D eigenvalue weighted by atomic mass is 16.5. The Balaban J connectivity index is 3.48. The van der Waals surface area contributed by atoms with Gasteiger partial charge in [0.25, 0.3) is 0 Å². The van der Waals surface area contributed by atoms with Crippen LogP contribution in [-0.4, -0.2) is 17.0 Å². The highest BCUT2D eigenvalue weighted by molar-refractivity contribution is 5.51. The van der Waals surface area contributed by atoms with E-state index in [4.69, 9.17) is 0 Å². The van der Waals surface area contributed by atoms with Gasteiger partial charge in [0.2, 0.25) is 0 Å². The van der Waals surface area contributed by atoms with Crippen LogP contribution in [0.25, 0.3) is 0 Å². The zero-order chi connectivity index (χ0) is 7.98. The fourth-order valence-corrected chi connectivity index (χ4v) is 0.633. The van der Waals surface area contributed by atoms with Crippen molar-refractivity contribution in [1.29, 1.82) is 0 Å². The highest BCUT2D eigenvalue weighted by Crippen LogP contribution is 1.91. The molecule has 0 heterocycles. The summed E-state index contributed by atoms with van der Waals surface area (Å²) in [4.78, 5) is 0. The van der Waals surface area contributed by atoms with Gasteiger partial charge < -0.3 is 5.21 Å². The molecule has 0 saturated heterocycles. The molecule has 2 heteroatoms. The normalized spacial score (nSPS) is 12.6. The van der Waals surface area contributed by atoms with Gasteiger partial charge in [-0.3, -0.25) is 0 Å². The molecular formula is C8H17NO. The number of nitrogens with zero attached hydrogens (tertiary/aromatic N) is 1. The predicted octanol–water partition coefficient (Wildman–Crippen LogP) is 2.17. The number of hydrogen-bond acceptors (Lipinski definition) is 1. The summed E-state index contributed by atoms with van der Waals surface area (Å²) in [5.74, 6) is 0. The molecule has 0 aromatic rings. The maximum Gasteiger partial charge on any atom is 0.157 e. The van der Waals surface area contributed by atoms with Crippen molar-refractivity contribution in [3.63, 3.8) is 0 Å². The third-order valence-electron chi connectivity index (χ3n) is 1.38. The lowest BCUT2D eigenvalue weighted by Gasteiger charge is -2.06. The van der Waals surface area contributed by atoms with Crippen LogP contribution in [0, 0.1) is 5.21 Å². The van der Waals surface area contributed by atoms with Crippen molar-refractivity contribution in [1.82, 2.24) is 0 Å². The van der Waals surface area contributed by atoms with Gasteiger partial charge in [-0.1, -0.05) is 13.3 Å². The molecule has 0 aromatic heterocycles. The second-order valence-corrected chi connectivity index (χ2v) is 2.78. The molecule has 0 spiro atoms. The summed E-state index contributed by atoms with van der Waals surface area (Å²) in [6.07, 6.45) is 4.92. The molecule has 10 heavy (non-hydrogen) atoms. The SMILES string of the molecule is CCCCC=[N+]([O-])C(C)C. The van der Waals surface area contributed by atoms with Gasteiger partial charge in [0, 0.05) is 6.42 Å². The average molecular weight is 143 g/mol. The van der Waals surface area contributed by atoms with Gasteiger partial charge in [-0.25, -0.2) is 4.74 Å². The van der Waals surface area contributed by atoms with Crippen molar-refractivity contribution in [3.8, 4) is 0 Å². The fourth-order valence-electron chi connectivity index (χ4n) is 0.633. The quantitative estimate of drug-likeness (QED) is 0.195. The lowest BCUT2D eigenvalue weighted by molar-refractivity contribution is -0.488. The predicted molar refractivity (Wildman–Crippen MR) is 44.4 cm³/mol. The van der Waals surface area contributed by atoms with E-state index >= 15 is 0 Å². The number of hydroxylamine groups is 1. The van der Waals surface area contributed by atoms with Crippen molar-refractivity contribution in [2.24, 2.45) is 0 Å². The maximum absolute atomic E-state index is 10.9. The van der Waals surface area contributed by atoms with E-state index in [0.717, 1.165) is 24.0 Å². The maximum atomic E-state index is 10.9. The minimum absolute atomic E-state index is 0.0943. The summed E-state index contributed by atoms with van der Waals surface area (Å²) >= 11 is 0. The highest BCUT2D eigenvalue weighted by Gasteiger charge is 1.97. The average Bonchev–Trinajstić information content (AvgIpc) is 1.88. The molecule has 0 atom stereocenters. The molecule has 0 unspecified atom stereocenters. The molecule has 0 amide bonds. The molecule has 0 N–H and O–H groups in total. The van der Waals surface area contributed by atoms with Gasteiger partial charge >= 0.3 is 0 Å². The summed E-state index contributed by atoms with van der Waals surface area (Å²) in [7, 11) is 0. The Morgan fingerprint density at radius 3 is 2.50 bits per heavy atom. The molecule has 0 bridgehead atoms. The lowest BCUT2D eigenvalue weighted by atomic mass is 10.3.